The van der Waals surface area contributed by atoms with Crippen LogP contribution in [-0.2, 0) is 4.74 Å². The van der Waals surface area contributed by atoms with E-state index in [1.165, 1.54) is 18.2 Å². The molecule has 1 aromatic carbocycles. The second-order valence-electron chi connectivity index (χ2n) is 5.90. The lowest BCUT2D eigenvalue weighted by molar-refractivity contribution is 0.0690. The van der Waals surface area contributed by atoms with Gasteiger partial charge in [-0.2, -0.15) is 0 Å². The zero-order valence-electron chi connectivity index (χ0n) is 13.9. The Bertz CT molecular complexity index is 805. The number of hydrogen-bond acceptors (Lipinski definition) is 5. The van der Waals surface area contributed by atoms with Crippen molar-refractivity contribution in [2.75, 3.05) is 23.8 Å². The van der Waals surface area contributed by atoms with Crippen molar-refractivity contribution < 1.29 is 23.8 Å². The van der Waals surface area contributed by atoms with Crippen molar-refractivity contribution in [3.8, 4) is 0 Å². The maximum atomic E-state index is 14.2. The molecule has 1 aromatic heterocycles. The highest BCUT2D eigenvalue weighted by Crippen LogP contribution is 2.21. The number of anilines is 2. The largest absolute Gasteiger partial charge is 0.477 e. The number of amides is 1. The number of benzene rings is 1. The molecule has 1 aliphatic rings. The molecule has 3 rings (SSSR count). The van der Waals surface area contributed by atoms with Crippen molar-refractivity contribution in [2.45, 2.75) is 18.9 Å². The minimum Gasteiger partial charge on any atom is -0.477 e. The van der Waals surface area contributed by atoms with Crippen molar-refractivity contribution in [3.05, 3.63) is 53.6 Å². The van der Waals surface area contributed by atoms with Gasteiger partial charge < -0.3 is 20.5 Å². The molecule has 136 valence electrons. The van der Waals surface area contributed by atoms with E-state index in [0.717, 1.165) is 25.6 Å². The second-order valence-corrected chi connectivity index (χ2v) is 5.90. The van der Waals surface area contributed by atoms with E-state index in [4.69, 9.17) is 9.84 Å². The topological polar surface area (TPSA) is 101 Å². The standard InChI is InChI=1S/C18H18FN3O4/c19-14-8-12(4-6-15(14)21-10-13-2-1-7-26-13)22-17(23)11-3-5-16(18(24)25)20-9-11/h3-6,8-9,13,21H,1-2,7,10H2,(H,22,23)(H,24,25). The van der Waals surface area contributed by atoms with Crippen LogP contribution >= 0.6 is 0 Å². The van der Waals surface area contributed by atoms with Crippen molar-refractivity contribution in [1.82, 2.24) is 4.98 Å². The summed E-state index contributed by atoms with van der Waals surface area (Å²) >= 11 is 0. The van der Waals surface area contributed by atoms with Gasteiger partial charge in [0.05, 0.1) is 17.4 Å². The molecule has 0 spiro atoms. The van der Waals surface area contributed by atoms with Crippen LogP contribution in [0.1, 0.15) is 33.7 Å². The monoisotopic (exact) mass is 359 g/mol. The molecule has 1 amide bonds. The number of halogens is 1. The van der Waals surface area contributed by atoms with Gasteiger partial charge in [-0.25, -0.2) is 14.2 Å². The summed E-state index contributed by atoms with van der Waals surface area (Å²) in [5.74, 6) is -2.17. The normalized spacial score (nSPS) is 16.3. The molecule has 0 bridgehead atoms. The first-order chi connectivity index (χ1) is 12.5. The number of nitrogens with one attached hydrogen (secondary N) is 2. The lowest BCUT2D eigenvalue weighted by atomic mass is 10.2. The number of aromatic carboxylic acids is 1. The van der Waals surface area contributed by atoms with Crippen LogP contribution in [0.5, 0.6) is 0 Å². The number of pyridine rings is 1. The summed E-state index contributed by atoms with van der Waals surface area (Å²) in [6.45, 7) is 1.27. The highest BCUT2D eigenvalue weighted by Gasteiger charge is 2.16. The molecule has 0 aliphatic carbocycles. The zero-order chi connectivity index (χ0) is 18.5. The number of aromatic nitrogens is 1. The Kier molecular flexibility index (Phi) is 5.43. The third kappa shape index (κ3) is 4.34. The van der Waals surface area contributed by atoms with Gasteiger partial charge in [-0.15, -0.1) is 0 Å². The van der Waals surface area contributed by atoms with Gasteiger partial charge in [-0.1, -0.05) is 0 Å². The number of ether oxygens (including phenoxy) is 1. The van der Waals surface area contributed by atoms with E-state index in [1.807, 2.05) is 0 Å². The predicted molar refractivity (Wildman–Crippen MR) is 93.0 cm³/mol. The molecule has 7 nitrogen and oxygen atoms in total. The van der Waals surface area contributed by atoms with E-state index in [9.17, 15) is 14.0 Å². The van der Waals surface area contributed by atoms with Gasteiger partial charge in [-0.05, 0) is 43.2 Å². The Hall–Kier alpha value is -3.00. The van der Waals surface area contributed by atoms with Crippen LogP contribution in [0.25, 0.3) is 0 Å². The molecule has 1 fully saturated rings. The molecular weight excluding hydrogens is 341 g/mol. The quantitative estimate of drug-likeness (QED) is 0.733. The number of nitrogens with zero attached hydrogens (tertiary/aromatic N) is 1. The van der Waals surface area contributed by atoms with Gasteiger partial charge in [-0.3, -0.25) is 4.79 Å². The van der Waals surface area contributed by atoms with Gasteiger partial charge in [0.2, 0.25) is 0 Å². The Balaban J connectivity index is 1.61. The maximum absolute atomic E-state index is 14.2. The minimum absolute atomic E-state index is 0.0926. The average molecular weight is 359 g/mol. The Morgan fingerprint density at radius 2 is 2.15 bits per heavy atom. The van der Waals surface area contributed by atoms with E-state index in [-0.39, 0.29) is 23.0 Å². The Labute approximate surface area is 149 Å². The highest BCUT2D eigenvalue weighted by molar-refractivity contribution is 6.04. The minimum atomic E-state index is -1.18. The van der Waals surface area contributed by atoms with Crippen LogP contribution in [0.4, 0.5) is 15.8 Å². The lowest BCUT2D eigenvalue weighted by Gasteiger charge is -2.13. The summed E-state index contributed by atoms with van der Waals surface area (Å²) in [7, 11) is 0. The highest BCUT2D eigenvalue weighted by atomic mass is 19.1. The van der Waals surface area contributed by atoms with Crippen LogP contribution in [-0.4, -0.2) is 41.2 Å². The van der Waals surface area contributed by atoms with Crippen LogP contribution in [0.15, 0.2) is 36.5 Å². The van der Waals surface area contributed by atoms with Gasteiger partial charge in [0.1, 0.15) is 11.5 Å². The number of rotatable bonds is 6. The summed E-state index contributed by atoms with van der Waals surface area (Å²) in [4.78, 5) is 26.6. The molecule has 1 saturated heterocycles. The van der Waals surface area contributed by atoms with E-state index >= 15 is 0 Å². The summed E-state index contributed by atoms with van der Waals surface area (Å²) in [6, 6.07) is 6.92. The molecule has 2 heterocycles. The summed E-state index contributed by atoms with van der Waals surface area (Å²) in [5, 5.41) is 14.4. The number of carbonyl (C=O) groups excluding carboxylic acids is 1. The predicted octanol–water partition coefficient (Wildman–Crippen LogP) is 2.76. The average Bonchev–Trinajstić information content (AvgIpc) is 3.14. The van der Waals surface area contributed by atoms with Gasteiger partial charge in [0.15, 0.2) is 0 Å². The van der Waals surface area contributed by atoms with E-state index in [0.29, 0.717) is 12.2 Å². The third-order valence-corrected chi connectivity index (χ3v) is 4.02. The summed E-state index contributed by atoms with van der Waals surface area (Å²) < 4.78 is 19.7. The fraction of sp³-hybridized carbons (Fsp3) is 0.278. The number of carboxylic acid groups (broad SMARTS) is 1. The van der Waals surface area contributed by atoms with Crippen LogP contribution in [0.2, 0.25) is 0 Å². The molecule has 0 radical (unpaired) electrons. The molecule has 26 heavy (non-hydrogen) atoms. The first kappa shape index (κ1) is 17.8. The third-order valence-electron chi connectivity index (χ3n) is 4.02. The summed E-state index contributed by atoms with van der Waals surface area (Å²) in [5.41, 5.74) is 0.647. The molecule has 2 aromatic rings. The SMILES string of the molecule is O=C(Nc1ccc(NCC2CCCO2)c(F)c1)c1ccc(C(=O)O)nc1. The molecular formula is C18H18FN3O4. The van der Waals surface area contributed by atoms with Crippen molar-refractivity contribution in [2.24, 2.45) is 0 Å². The second kappa shape index (κ2) is 7.92. The lowest BCUT2D eigenvalue weighted by Crippen LogP contribution is -2.19. The molecule has 1 atom stereocenters. The fourth-order valence-corrected chi connectivity index (χ4v) is 2.62. The van der Waals surface area contributed by atoms with Gasteiger partial charge >= 0.3 is 5.97 Å². The maximum Gasteiger partial charge on any atom is 0.354 e. The van der Waals surface area contributed by atoms with Gasteiger partial charge in [0, 0.05) is 25.0 Å². The first-order valence-electron chi connectivity index (χ1n) is 8.18. The Morgan fingerprint density at radius 1 is 1.31 bits per heavy atom. The summed E-state index contributed by atoms with van der Waals surface area (Å²) in [6.07, 6.45) is 3.22. The van der Waals surface area contributed by atoms with E-state index in [2.05, 4.69) is 15.6 Å². The van der Waals surface area contributed by atoms with Crippen molar-refractivity contribution in [3.63, 3.8) is 0 Å². The van der Waals surface area contributed by atoms with Crippen LogP contribution in [0.3, 0.4) is 0 Å². The van der Waals surface area contributed by atoms with E-state index in [1.54, 1.807) is 12.1 Å². The van der Waals surface area contributed by atoms with Crippen molar-refractivity contribution in [1.29, 1.82) is 0 Å². The number of hydrogen-bond donors (Lipinski definition) is 3. The van der Waals surface area contributed by atoms with Crippen molar-refractivity contribution >= 4 is 23.3 Å². The number of carbonyl (C=O) groups is 2. The van der Waals surface area contributed by atoms with E-state index < -0.39 is 17.7 Å². The van der Waals surface area contributed by atoms with Crippen LogP contribution < -0.4 is 10.6 Å². The number of carboxylic acids is 1. The molecule has 1 unspecified atom stereocenters. The first-order valence-corrected chi connectivity index (χ1v) is 8.18. The molecule has 1 aliphatic heterocycles. The van der Waals surface area contributed by atoms with Crippen LogP contribution in [0, 0.1) is 5.82 Å². The Morgan fingerprint density at radius 3 is 2.77 bits per heavy atom. The smallest absolute Gasteiger partial charge is 0.354 e. The van der Waals surface area contributed by atoms with Gasteiger partial charge in [0.25, 0.3) is 5.91 Å². The molecule has 3 N–H and O–H groups in total. The zero-order valence-corrected chi connectivity index (χ0v) is 13.9. The fourth-order valence-electron chi connectivity index (χ4n) is 2.62. The molecule has 8 heteroatoms. The molecule has 0 saturated carbocycles.